The van der Waals surface area contributed by atoms with Crippen LogP contribution in [-0.4, -0.2) is 26.9 Å². The standard InChI is InChI=1S/C23H25Cl2N3O/c1-16(2)13-28(23(29)18-6-4-17(3)5-7-18)15-22-26-10-11-27(22)14-19-8-9-20(24)12-21(19)25/h4-12,16H,13-15H2,1-3H3. The maximum atomic E-state index is 13.1. The molecule has 2 aromatic carbocycles. The number of carbonyl (C=O) groups excluding carboxylic acids is 1. The molecular weight excluding hydrogens is 405 g/mol. The lowest BCUT2D eigenvalue weighted by molar-refractivity contribution is 0.0716. The molecule has 0 unspecified atom stereocenters. The predicted octanol–water partition coefficient (Wildman–Crippen LogP) is 5.85. The number of aromatic nitrogens is 2. The summed E-state index contributed by atoms with van der Waals surface area (Å²) in [6.07, 6.45) is 3.66. The fourth-order valence-electron chi connectivity index (χ4n) is 3.18. The molecule has 0 saturated heterocycles. The molecule has 0 aliphatic heterocycles. The fraction of sp³-hybridized carbons (Fsp3) is 0.304. The van der Waals surface area contributed by atoms with Crippen molar-refractivity contribution in [2.75, 3.05) is 6.54 Å². The minimum Gasteiger partial charge on any atom is -0.331 e. The van der Waals surface area contributed by atoms with Gasteiger partial charge in [0.2, 0.25) is 0 Å². The number of aryl methyl sites for hydroxylation is 1. The van der Waals surface area contributed by atoms with Gasteiger partial charge in [-0.1, -0.05) is 60.8 Å². The Bertz CT molecular complexity index is 980. The van der Waals surface area contributed by atoms with Gasteiger partial charge in [0.25, 0.3) is 5.91 Å². The zero-order chi connectivity index (χ0) is 21.0. The Balaban J connectivity index is 1.82. The van der Waals surface area contributed by atoms with E-state index in [1.54, 1.807) is 12.3 Å². The van der Waals surface area contributed by atoms with E-state index in [9.17, 15) is 4.79 Å². The molecule has 1 aromatic heterocycles. The first-order valence-corrected chi connectivity index (χ1v) is 10.4. The fourth-order valence-corrected chi connectivity index (χ4v) is 3.65. The van der Waals surface area contributed by atoms with Crippen molar-refractivity contribution in [1.82, 2.24) is 14.5 Å². The van der Waals surface area contributed by atoms with Crippen LogP contribution in [0.4, 0.5) is 0 Å². The van der Waals surface area contributed by atoms with Crippen LogP contribution in [0.3, 0.4) is 0 Å². The summed E-state index contributed by atoms with van der Waals surface area (Å²) in [5.74, 6) is 1.17. The molecule has 0 N–H and O–H groups in total. The van der Waals surface area contributed by atoms with Crippen LogP contribution < -0.4 is 0 Å². The lowest BCUT2D eigenvalue weighted by atomic mass is 10.1. The first-order valence-electron chi connectivity index (χ1n) is 9.63. The van der Waals surface area contributed by atoms with Gasteiger partial charge in [-0.15, -0.1) is 0 Å². The van der Waals surface area contributed by atoms with E-state index in [0.29, 0.717) is 41.2 Å². The number of carbonyl (C=O) groups is 1. The summed E-state index contributed by atoms with van der Waals surface area (Å²) in [5.41, 5.74) is 2.78. The van der Waals surface area contributed by atoms with Crippen molar-refractivity contribution < 1.29 is 4.79 Å². The first kappa shape index (κ1) is 21.4. The molecule has 0 atom stereocenters. The molecule has 0 fully saturated rings. The van der Waals surface area contributed by atoms with Crippen LogP contribution in [0, 0.1) is 12.8 Å². The molecule has 0 aliphatic rings. The van der Waals surface area contributed by atoms with Crippen LogP contribution >= 0.6 is 23.2 Å². The number of rotatable bonds is 7. The van der Waals surface area contributed by atoms with Crippen LogP contribution in [0.15, 0.2) is 54.9 Å². The summed E-state index contributed by atoms with van der Waals surface area (Å²) in [7, 11) is 0. The minimum absolute atomic E-state index is 0.0118. The van der Waals surface area contributed by atoms with Gasteiger partial charge in [0.1, 0.15) is 5.82 Å². The Morgan fingerprint density at radius 2 is 1.86 bits per heavy atom. The summed E-state index contributed by atoms with van der Waals surface area (Å²) < 4.78 is 2.02. The summed E-state index contributed by atoms with van der Waals surface area (Å²) in [4.78, 5) is 19.5. The first-order chi connectivity index (χ1) is 13.8. The van der Waals surface area contributed by atoms with Crippen molar-refractivity contribution in [3.8, 4) is 0 Å². The highest BCUT2D eigenvalue weighted by molar-refractivity contribution is 6.35. The van der Waals surface area contributed by atoms with Crippen molar-refractivity contribution in [1.29, 1.82) is 0 Å². The molecule has 0 radical (unpaired) electrons. The third kappa shape index (κ3) is 5.62. The van der Waals surface area contributed by atoms with E-state index in [4.69, 9.17) is 23.2 Å². The maximum absolute atomic E-state index is 13.1. The molecule has 0 bridgehead atoms. The summed E-state index contributed by atoms with van der Waals surface area (Å²) >= 11 is 12.3. The number of nitrogens with zero attached hydrogens (tertiary/aromatic N) is 3. The summed E-state index contributed by atoms with van der Waals surface area (Å²) in [5, 5.41) is 1.23. The minimum atomic E-state index is 0.0118. The van der Waals surface area contributed by atoms with Crippen LogP contribution in [0.25, 0.3) is 0 Å². The molecule has 0 saturated carbocycles. The lowest BCUT2D eigenvalue weighted by Crippen LogP contribution is -2.34. The highest BCUT2D eigenvalue weighted by Crippen LogP contribution is 2.22. The summed E-state index contributed by atoms with van der Waals surface area (Å²) in [6, 6.07) is 13.2. The molecule has 3 rings (SSSR count). The van der Waals surface area contributed by atoms with Gasteiger partial charge in [-0.3, -0.25) is 4.79 Å². The number of imidazole rings is 1. The van der Waals surface area contributed by atoms with Crippen LogP contribution in [0.2, 0.25) is 10.0 Å². The summed E-state index contributed by atoms with van der Waals surface area (Å²) in [6.45, 7) is 7.88. The van der Waals surface area contributed by atoms with Gasteiger partial charge in [-0.05, 0) is 42.7 Å². The zero-order valence-electron chi connectivity index (χ0n) is 16.9. The van der Waals surface area contributed by atoms with Gasteiger partial charge in [-0.2, -0.15) is 0 Å². The molecular formula is C23H25Cl2N3O. The normalized spacial score (nSPS) is 11.1. The Labute approximate surface area is 182 Å². The zero-order valence-corrected chi connectivity index (χ0v) is 18.4. The Hall–Kier alpha value is -2.30. The van der Waals surface area contributed by atoms with E-state index in [-0.39, 0.29) is 5.91 Å². The molecule has 0 aliphatic carbocycles. The van der Waals surface area contributed by atoms with Crippen LogP contribution in [-0.2, 0) is 13.1 Å². The van der Waals surface area contributed by atoms with Gasteiger partial charge in [-0.25, -0.2) is 4.98 Å². The number of benzene rings is 2. The highest BCUT2D eigenvalue weighted by atomic mass is 35.5. The van der Waals surface area contributed by atoms with Crippen LogP contribution in [0.5, 0.6) is 0 Å². The second-order valence-corrected chi connectivity index (χ2v) is 8.50. The Kier molecular flexibility index (Phi) is 6.99. The Morgan fingerprint density at radius 1 is 1.14 bits per heavy atom. The van der Waals surface area contributed by atoms with Gasteiger partial charge in [0.05, 0.1) is 13.1 Å². The number of amides is 1. The molecule has 152 valence electrons. The van der Waals surface area contributed by atoms with Gasteiger partial charge in [0, 0.05) is 34.5 Å². The molecule has 1 amide bonds. The maximum Gasteiger partial charge on any atom is 0.254 e. The van der Waals surface area contributed by atoms with E-state index < -0.39 is 0 Å². The Morgan fingerprint density at radius 3 is 2.52 bits per heavy atom. The smallest absolute Gasteiger partial charge is 0.254 e. The number of hydrogen-bond donors (Lipinski definition) is 0. The topological polar surface area (TPSA) is 38.1 Å². The lowest BCUT2D eigenvalue weighted by Gasteiger charge is -2.25. The van der Waals surface area contributed by atoms with Crippen molar-refractivity contribution in [2.24, 2.45) is 5.92 Å². The van der Waals surface area contributed by atoms with Gasteiger partial charge >= 0.3 is 0 Å². The second-order valence-electron chi connectivity index (χ2n) is 7.65. The van der Waals surface area contributed by atoms with E-state index in [1.165, 1.54) is 0 Å². The van der Waals surface area contributed by atoms with Crippen molar-refractivity contribution in [2.45, 2.75) is 33.9 Å². The quantitative estimate of drug-likeness (QED) is 0.472. The monoisotopic (exact) mass is 429 g/mol. The SMILES string of the molecule is Cc1ccc(C(=O)N(Cc2nccn2Cc2ccc(Cl)cc2Cl)CC(C)C)cc1. The second kappa shape index (κ2) is 9.47. The molecule has 3 aromatic rings. The predicted molar refractivity (Wildman–Crippen MR) is 119 cm³/mol. The third-order valence-corrected chi connectivity index (χ3v) is 5.25. The van der Waals surface area contributed by atoms with E-state index in [2.05, 4.69) is 18.8 Å². The van der Waals surface area contributed by atoms with E-state index >= 15 is 0 Å². The van der Waals surface area contributed by atoms with Crippen molar-refractivity contribution >= 4 is 29.1 Å². The number of hydrogen-bond acceptors (Lipinski definition) is 2. The third-order valence-electron chi connectivity index (χ3n) is 4.66. The van der Waals surface area contributed by atoms with Gasteiger partial charge in [0.15, 0.2) is 0 Å². The molecule has 6 heteroatoms. The largest absolute Gasteiger partial charge is 0.331 e. The highest BCUT2D eigenvalue weighted by Gasteiger charge is 2.19. The molecule has 0 spiro atoms. The average molecular weight is 430 g/mol. The van der Waals surface area contributed by atoms with Gasteiger partial charge < -0.3 is 9.47 Å². The van der Waals surface area contributed by atoms with Crippen molar-refractivity contribution in [3.05, 3.63) is 87.4 Å². The molecule has 29 heavy (non-hydrogen) atoms. The number of halogens is 2. The van der Waals surface area contributed by atoms with Crippen LogP contribution in [0.1, 0.15) is 41.2 Å². The average Bonchev–Trinajstić information content (AvgIpc) is 3.10. The molecule has 1 heterocycles. The van der Waals surface area contributed by atoms with E-state index in [1.807, 2.05) is 59.0 Å². The molecule has 4 nitrogen and oxygen atoms in total. The van der Waals surface area contributed by atoms with Crippen molar-refractivity contribution in [3.63, 3.8) is 0 Å². The van der Waals surface area contributed by atoms with E-state index in [0.717, 1.165) is 17.0 Å².